The molecule has 3 aromatic carbocycles. The Morgan fingerprint density at radius 1 is 1.10 bits per heavy atom. The lowest BCUT2D eigenvalue weighted by Gasteiger charge is -2.11. The standard InChI is InChI=1S/C22H19ClN2O4/c1-28-21-12-15(13-24-25-19-8-6-17(7-9-19)22(26)27)5-10-20(21)29-14-16-3-2-4-18(23)11-16/h2-13,25H,14H2,1H3,(H,26,27)/b24-13+. The summed E-state index contributed by atoms with van der Waals surface area (Å²) >= 11 is 5.99. The molecule has 0 bridgehead atoms. The highest BCUT2D eigenvalue weighted by atomic mass is 35.5. The monoisotopic (exact) mass is 410 g/mol. The average Bonchev–Trinajstić information content (AvgIpc) is 2.73. The molecule has 0 aliphatic rings. The van der Waals surface area contributed by atoms with E-state index >= 15 is 0 Å². The van der Waals surface area contributed by atoms with Crippen LogP contribution in [-0.2, 0) is 6.61 Å². The van der Waals surface area contributed by atoms with Crippen LogP contribution in [0.1, 0.15) is 21.5 Å². The van der Waals surface area contributed by atoms with E-state index in [0.29, 0.717) is 28.8 Å². The molecule has 0 aromatic heterocycles. The molecule has 0 saturated carbocycles. The molecule has 29 heavy (non-hydrogen) atoms. The van der Waals surface area contributed by atoms with Crippen molar-refractivity contribution in [3.63, 3.8) is 0 Å². The summed E-state index contributed by atoms with van der Waals surface area (Å²) in [6.07, 6.45) is 1.63. The van der Waals surface area contributed by atoms with Gasteiger partial charge in [0, 0.05) is 5.02 Å². The Balaban J connectivity index is 1.63. The number of methoxy groups -OCH3 is 1. The fourth-order valence-electron chi connectivity index (χ4n) is 2.54. The highest BCUT2D eigenvalue weighted by Crippen LogP contribution is 2.28. The summed E-state index contributed by atoms with van der Waals surface area (Å²) in [5.74, 6) is 0.230. The highest BCUT2D eigenvalue weighted by Gasteiger charge is 2.06. The molecule has 0 fully saturated rings. The topological polar surface area (TPSA) is 80.2 Å². The Hall–Kier alpha value is -3.51. The van der Waals surface area contributed by atoms with Crippen molar-refractivity contribution in [2.75, 3.05) is 12.5 Å². The molecule has 0 radical (unpaired) electrons. The zero-order valence-electron chi connectivity index (χ0n) is 15.6. The van der Waals surface area contributed by atoms with E-state index in [1.54, 1.807) is 25.5 Å². The van der Waals surface area contributed by atoms with Crippen molar-refractivity contribution in [2.24, 2.45) is 5.10 Å². The van der Waals surface area contributed by atoms with Gasteiger partial charge in [-0.15, -0.1) is 0 Å². The minimum absolute atomic E-state index is 0.220. The molecular weight excluding hydrogens is 392 g/mol. The highest BCUT2D eigenvalue weighted by molar-refractivity contribution is 6.30. The molecule has 0 atom stereocenters. The number of carboxylic acid groups (broad SMARTS) is 1. The van der Waals surface area contributed by atoms with Crippen LogP contribution >= 0.6 is 11.6 Å². The number of nitrogens with zero attached hydrogens (tertiary/aromatic N) is 1. The summed E-state index contributed by atoms with van der Waals surface area (Å²) in [6.45, 7) is 0.373. The van der Waals surface area contributed by atoms with Gasteiger partial charge < -0.3 is 14.6 Å². The maximum atomic E-state index is 10.9. The molecule has 0 spiro atoms. The fourth-order valence-corrected chi connectivity index (χ4v) is 2.75. The van der Waals surface area contributed by atoms with Gasteiger partial charge in [-0.2, -0.15) is 5.10 Å². The van der Waals surface area contributed by atoms with Crippen LogP contribution < -0.4 is 14.9 Å². The first-order valence-corrected chi connectivity index (χ1v) is 9.10. The van der Waals surface area contributed by atoms with E-state index in [1.807, 2.05) is 42.5 Å². The second kappa shape index (κ2) is 9.61. The van der Waals surface area contributed by atoms with Gasteiger partial charge >= 0.3 is 5.97 Å². The van der Waals surface area contributed by atoms with Crippen molar-refractivity contribution in [1.82, 2.24) is 0 Å². The largest absolute Gasteiger partial charge is 0.493 e. The van der Waals surface area contributed by atoms with Gasteiger partial charge in [0.1, 0.15) is 6.61 Å². The Morgan fingerprint density at radius 2 is 1.90 bits per heavy atom. The fraction of sp³-hybridized carbons (Fsp3) is 0.0909. The second-order valence-corrected chi connectivity index (χ2v) is 6.52. The van der Waals surface area contributed by atoms with E-state index < -0.39 is 5.97 Å². The SMILES string of the molecule is COc1cc(/C=N/Nc2ccc(C(=O)O)cc2)ccc1OCc1cccc(Cl)c1. The summed E-state index contributed by atoms with van der Waals surface area (Å²) in [5.41, 5.74) is 5.53. The van der Waals surface area contributed by atoms with Crippen LogP contribution in [0.4, 0.5) is 5.69 Å². The number of anilines is 1. The molecule has 148 valence electrons. The molecule has 7 heteroatoms. The summed E-state index contributed by atoms with van der Waals surface area (Å²) in [4.78, 5) is 10.9. The molecule has 0 amide bonds. The number of hydrazone groups is 1. The van der Waals surface area contributed by atoms with Crippen LogP contribution in [0.5, 0.6) is 11.5 Å². The minimum atomic E-state index is -0.968. The number of hydrogen-bond acceptors (Lipinski definition) is 5. The minimum Gasteiger partial charge on any atom is -0.493 e. The van der Waals surface area contributed by atoms with Crippen molar-refractivity contribution in [2.45, 2.75) is 6.61 Å². The smallest absolute Gasteiger partial charge is 0.335 e. The number of halogens is 1. The van der Waals surface area contributed by atoms with E-state index in [0.717, 1.165) is 11.1 Å². The molecule has 2 N–H and O–H groups in total. The second-order valence-electron chi connectivity index (χ2n) is 6.08. The van der Waals surface area contributed by atoms with Crippen LogP contribution in [-0.4, -0.2) is 24.4 Å². The van der Waals surface area contributed by atoms with Gasteiger partial charge in [-0.3, -0.25) is 5.43 Å². The van der Waals surface area contributed by atoms with Gasteiger partial charge in [0.2, 0.25) is 0 Å². The number of rotatable bonds is 8. The molecule has 3 rings (SSSR count). The van der Waals surface area contributed by atoms with E-state index in [4.69, 9.17) is 26.2 Å². The predicted octanol–water partition coefficient (Wildman–Crippen LogP) is 5.07. The molecule has 0 aliphatic heterocycles. The maximum absolute atomic E-state index is 10.9. The maximum Gasteiger partial charge on any atom is 0.335 e. The molecule has 0 saturated heterocycles. The number of carbonyl (C=O) groups is 1. The molecule has 0 aliphatic carbocycles. The predicted molar refractivity (Wildman–Crippen MR) is 113 cm³/mol. The molecule has 0 heterocycles. The lowest BCUT2D eigenvalue weighted by Crippen LogP contribution is -1.99. The van der Waals surface area contributed by atoms with E-state index in [-0.39, 0.29) is 5.56 Å². The van der Waals surface area contributed by atoms with Crippen molar-refractivity contribution in [1.29, 1.82) is 0 Å². The third-order valence-corrected chi connectivity index (χ3v) is 4.25. The van der Waals surface area contributed by atoms with Gasteiger partial charge in [-0.25, -0.2) is 4.79 Å². The third kappa shape index (κ3) is 5.73. The first kappa shape index (κ1) is 20.2. The molecule has 6 nitrogen and oxygen atoms in total. The Labute approximate surface area is 173 Å². The van der Waals surface area contributed by atoms with Gasteiger partial charge in [0.25, 0.3) is 0 Å². The number of benzene rings is 3. The third-order valence-electron chi connectivity index (χ3n) is 4.01. The van der Waals surface area contributed by atoms with E-state index in [9.17, 15) is 4.79 Å². The molecule has 0 unspecified atom stereocenters. The van der Waals surface area contributed by atoms with Gasteiger partial charge in [0.05, 0.1) is 24.6 Å². The molecule has 3 aromatic rings. The summed E-state index contributed by atoms with van der Waals surface area (Å²) in [7, 11) is 1.57. The average molecular weight is 411 g/mol. The van der Waals surface area contributed by atoms with E-state index in [2.05, 4.69) is 10.5 Å². The van der Waals surface area contributed by atoms with Crippen molar-refractivity contribution in [3.8, 4) is 11.5 Å². The first-order chi connectivity index (χ1) is 14.0. The Morgan fingerprint density at radius 3 is 2.59 bits per heavy atom. The quantitative estimate of drug-likeness (QED) is 0.400. The number of nitrogens with one attached hydrogen (secondary N) is 1. The summed E-state index contributed by atoms with van der Waals surface area (Å²) in [6, 6.07) is 19.3. The van der Waals surface area contributed by atoms with Gasteiger partial charge in [0.15, 0.2) is 11.5 Å². The van der Waals surface area contributed by atoms with Crippen molar-refractivity contribution < 1.29 is 19.4 Å². The Bertz CT molecular complexity index is 1020. The van der Waals surface area contributed by atoms with Crippen LogP contribution in [0.2, 0.25) is 5.02 Å². The van der Waals surface area contributed by atoms with Crippen LogP contribution in [0.25, 0.3) is 0 Å². The zero-order chi connectivity index (χ0) is 20.6. The number of carboxylic acids is 1. The number of ether oxygens (including phenoxy) is 2. The number of hydrogen-bond donors (Lipinski definition) is 2. The van der Waals surface area contributed by atoms with Gasteiger partial charge in [-0.1, -0.05) is 23.7 Å². The summed E-state index contributed by atoms with van der Waals surface area (Å²) < 4.78 is 11.2. The lowest BCUT2D eigenvalue weighted by atomic mass is 10.2. The normalized spacial score (nSPS) is 10.7. The van der Waals surface area contributed by atoms with E-state index in [1.165, 1.54) is 12.1 Å². The van der Waals surface area contributed by atoms with Crippen molar-refractivity contribution >= 4 is 29.5 Å². The summed E-state index contributed by atoms with van der Waals surface area (Å²) in [5, 5.41) is 13.7. The lowest BCUT2D eigenvalue weighted by molar-refractivity contribution is 0.0697. The molecular formula is C22H19ClN2O4. The van der Waals surface area contributed by atoms with Gasteiger partial charge in [-0.05, 0) is 65.7 Å². The number of aromatic carboxylic acids is 1. The first-order valence-electron chi connectivity index (χ1n) is 8.73. The van der Waals surface area contributed by atoms with Crippen LogP contribution in [0, 0.1) is 0 Å². The van der Waals surface area contributed by atoms with Crippen molar-refractivity contribution in [3.05, 3.63) is 88.4 Å². The van der Waals surface area contributed by atoms with Crippen LogP contribution in [0.15, 0.2) is 71.8 Å². The Kier molecular flexibility index (Phi) is 6.71. The zero-order valence-corrected chi connectivity index (χ0v) is 16.4. The van der Waals surface area contributed by atoms with Crippen LogP contribution in [0.3, 0.4) is 0 Å².